The van der Waals surface area contributed by atoms with Gasteiger partial charge in [0.05, 0.1) is 32.0 Å². The van der Waals surface area contributed by atoms with E-state index in [1.54, 1.807) is 24.3 Å². The topological polar surface area (TPSA) is 70.6 Å². The van der Waals surface area contributed by atoms with Crippen LogP contribution in [-0.4, -0.2) is 17.2 Å². The highest BCUT2D eigenvalue weighted by molar-refractivity contribution is 6.35. The lowest BCUT2D eigenvalue weighted by atomic mass is 9.82. The molecule has 0 aromatic heterocycles. The molecular weight excluding hydrogens is 567 g/mol. The predicted octanol–water partition coefficient (Wildman–Crippen LogP) is 10.5. The van der Waals surface area contributed by atoms with Crippen LogP contribution >= 0.6 is 34.8 Å². The molecule has 0 aliphatic carbocycles. The number of phenols is 1. The molecule has 3 aromatic rings. The highest BCUT2D eigenvalue weighted by atomic mass is 35.5. The van der Waals surface area contributed by atoms with Crippen LogP contribution in [0.5, 0.6) is 11.5 Å². The first-order valence-electron chi connectivity index (χ1n) is 13.9. The molecular formula is C32H39Cl3N2O3. The van der Waals surface area contributed by atoms with Gasteiger partial charge in [0.25, 0.3) is 5.91 Å². The van der Waals surface area contributed by atoms with Gasteiger partial charge in [0.1, 0.15) is 11.5 Å². The van der Waals surface area contributed by atoms with Crippen molar-refractivity contribution >= 4 is 52.1 Å². The molecule has 0 radical (unpaired) electrons. The number of carbonyl (C=O) groups is 1. The number of amides is 1. The van der Waals surface area contributed by atoms with Crippen molar-refractivity contribution in [1.29, 1.82) is 0 Å². The summed E-state index contributed by atoms with van der Waals surface area (Å²) >= 11 is 19.4. The Labute approximate surface area is 253 Å². The molecule has 5 nitrogen and oxygen atoms in total. The first kappa shape index (κ1) is 31.9. The van der Waals surface area contributed by atoms with Crippen LogP contribution in [0.15, 0.2) is 54.6 Å². The zero-order chi connectivity index (χ0) is 29.3. The number of benzene rings is 3. The van der Waals surface area contributed by atoms with Crippen LogP contribution < -0.4 is 15.4 Å². The third-order valence-corrected chi connectivity index (χ3v) is 8.14. The Bertz CT molecular complexity index is 1300. The molecule has 3 rings (SSSR count). The van der Waals surface area contributed by atoms with E-state index in [4.69, 9.17) is 39.5 Å². The highest BCUT2D eigenvalue weighted by Gasteiger charge is 2.21. The molecule has 0 fully saturated rings. The molecule has 8 heteroatoms. The van der Waals surface area contributed by atoms with Crippen LogP contribution in [0, 0.1) is 0 Å². The van der Waals surface area contributed by atoms with Crippen LogP contribution in [0.2, 0.25) is 15.1 Å². The molecule has 0 spiro atoms. The fraction of sp³-hybridized carbons (Fsp3) is 0.406. The predicted molar refractivity (Wildman–Crippen MR) is 169 cm³/mol. The Morgan fingerprint density at radius 1 is 0.900 bits per heavy atom. The summed E-state index contributed by atoms with van der Waals surface area (Å²) in [6.07, 6.45) is 6.82. The van der Waals surface area contributed by atoms with Gasteiger partial charge in [0, 0.05) is 12.5 Å². The molecule has 0 saturated heterocycles. The molecule has 0 heterocycles. The van der Waals surface area contributed by atoms with E-state index in [1.807, 2.05) is 12.1 Å². The Hall–Kier alpha value is -2.60. The minimum absolute atomic E-state index is 0.00710. The SMILES string of the molecule is CCCCCCCC(Nc1cc(O)c(NC(=O)c2ccccc2Cl)cc1Cl)Oc1ccc(C(C)(C)CC)cc1Cl. The lowest BCUT2D eigenvalue weighted by Crippen LogP contribution is -2.27. The van der Waals surface area contributed by atoms with Crippen LogP contribution in [0.1, 0.15) is 88.6 Å². The van der Waals surface area contributed by atoms with Crippen molar-refractivity contribution in [3.8, 4) is 11.5 Å². The average Bonchev–Trinajstić information content (AvgIpc) is 2.92. The van der Waals surface area contributed by atoms with Crippen LogP contribution in [0.3, 0.4) is 0 Å². The number of aromatic hydroxyl groups is 1. The minimum atomic E-state index is -0.449. The number of carbonyl (C=O) groups excluding carboxylic acids is 1. The quantitative estimate of drug-likeness (QED) is 0.0971. The third kappa shape index (κ3) is 8.70. The monoisotopic (exact) mass is 604 g/mol. The van der Waals surface area contributed by atoms with Gasteiger partial charge in [0.15, 0.2) is 6.23 Å². The van der Waals surface area contributed by atoms with Crippen LogP contribution in [-0.2, 0) is 5.41 Å². The lowest BCUT2D eigenvalue weighted by molar-refractivity contribution is 0.102. The largest absolute Gasteiger partial charge is 0.506 e. The number of rotatable bonds is 14. The summed E-state index contributed by atoms with van der Waals surface area (Å²) in [5, 5.41) is 17.9. The van der Waals surface area contributed by atoms with Gasteiger partial charge >= 0.3 is 0 Å². The second-order valence-electron chi connectivity index (χ2n) is 10.6. The van der Waals surface area contributed by atoms with Gasteiger partial charge in [-0.05, 0) is 54.2 Å². The fourth-order valence-electron chi connectivity index (χ4n) is 4.25. The van der Waals surface area contributed by atoms with Gasteiger partial charge in [-0.1, -0.05) is 106 Å². The lowest BCUT2D eigenvalue weighted by Gasteiger charge is -2.26. The maximum Gasteiger partial charge on any atom is 0.257 e. The molecule has 3 N–H and O–H groups in total. The van der Waals surface area contributed by atoms with Gasteiger partial charge in [-0.3, -0.25) is 4.79 Å². The van der Waals surface area contributed by atoms with E-state index in [0.717, 1.165) is 31.2 Å². The van der Waals surface area contributed by atoms with Crippen molar-refractivity contribution < 1.29 is 14.6 Å². The molecule has 1 unspecified atom stereocenters. The van der Waals surface area contributed by atoms with Gasteiger partial charge in [0.2, 0.25) is 0 Å². The number of phenolic OH excluding ortho intramolecular Hbond substituents is 1. The summed E-state index contributed by atoms with van der Waals surface area (Å²) in [5.41, 5.74) is 2.11. The van der Waals surface area contributed by atoms with E-state index in [2.05, 4.69) is 44.4 Å². The zero-order valence-corrected chi connectivity index (χ0v) is 25.9. The Balaban J connectivity index is 1.79. The normalized spacial score (nSPS) is 12.2. The second kappa shape index (κ2) is 14.9. The first-order chi connectivity index (χ1) is 19.1. The fourth-order valence-corrected chi connectivity index (χ4v) is 4.91. The smallest absolute Gasteiger partial charge is 0.257 e. The summed E-state index contributed by atoms with van der Waals surface area (Å²) in [5.74, 6) is -0.0131. The molecule has 1 atom stereocenters. The summed E-state index contributed by atoms with van der Waals surface area (Å²) in [6.45, 7) is 8.72. The first-order valence-corrected chi connectivity index (χ1v) is 15.0. The minimum Gasteiger partial charge on any atom is -0.506 e. The number of halogens is 3. The molecule has 40 heavy (non-hydrogen) atoms. The van der Waals surface area contributed by atoms with E-state index in [0.29, 0.717) is 38.5 Å². The number of nitrogens with one attached hydrogen (secondary N) is 2. The number of hydrogen-bond acceptors (Lipinski definition) is 4. The second-order valence-corrected chi connectivity index (χ2v) is 11.8. The van der Waals surface area contributed by atoms with E-state index in [1.165, 1.54) is 25.0 Å². The van der Waals surface area contributed by atoms with Crippen molar-refractivity contribution in [2.45, 2.75) is 84.3 Å². The standard InChI is InChI=1S/C32H39Cl3N2O3/c1-5-7-8-9-10-15-30(40-29-17-16-21(18-25(29)35)32(3,4)6-2)36-26-20-28(38)27(19-24(26)34)37-31(39)22-13-11-12-14-23(22)33/h11-14,16-20,30,36,38H,5-10,15H2,1-4H3,(H,37,39). The van der Waals surface area contributed by atoms with Crippen molar-refractivity contribution in [3.05, 3.63) is 80.8 Å². The molecule has 0 aliphatic rings. The van der Waals surface area contributed by atoms with Crippen LogP contribution in [0.4, 0.5) is 11.4 Å². The average molecular weight is 606 g/mol. The molecule has 1 amide bonds. The maximum atomic E-state index is 12.7. The Kier molecular flexibility index (Phi) is 11.9. The van der Waals surface area contributed by atoms with Gasteiger partial charge in [-0.2, -0.15) is 0 Å². The number of anilines is 2. The highest BCUT2D eigenvalue weighted by Crippen LogP contribution is 2.37. The third-order valence-electron chi connectivity index (χ3n) is 7.20. The van der Waals surface area contributed by atoms with E-state index in [9.17, 15) is 9.90 Å². The molecule has 216 valence electrons. The summed E-state index contributed by atoms with van der Waals surface area (Å²) in [7, 11) is 0. The van der Waals surface area contributed by atoms with E-state index >= 15 is 0 Å². The van der Waals surface area contributed by atoms with Crippen molar-refractivity contribution in [2.75, 3.05) is 10.6 Å². The summed E-state index contributed by atoms with van der Waals surface area (Å²) in [4.78, 5) is 12.7. The van der Waals surface area contributed by atoms with Gasteiger partial charge in [-0.15, -0.1) is 0 Å². The molecule has 0 saturated carbocycles. The Morgan fingerprint density at radius 2 is 1.62 bits per heavy atom. The van der Waals surface area contributed by atoms with Crippen molar-refractivity contribution in [2.24, 2.45) is 0 Å². The number of ether oxygens (including phenoxy) is 1. The maximum absolute atomic E-state index is 12.7. The van der Waals surface area contributed by atoms with Gasteiger partial charge < -0.3 is 20.5 Å². The van der Waals surface area contributed by atoms with Crippen molar-refractivity contribution in [1.82, 2.24) is 0 Å². The van der Waals surface area contributed by atoms with Gasteiger partial charge in [-0.25, -0.2) is 0 Å². The zero-order valence-electron chi connectivity index (χ0n) is 23.6. The molecule has 0 aliphatic heterocycles. The summed E-state index contributed by atoms with van der Waals surface area (Å²) < 4.78 is 6.35. The number of unbranched alkanes of at least 4 members (excludes halogenated alkanes) is 4. The molecule has 0 bridgehead atoms. The Morgan fingerprint density at radius 3 is 2.30 bits per heavy atom. The van der Waals surface area contributed by atoms with E-state index in [-0.39, 0.29) is 16.9 Å². The van der Waals surface area contributed by atoms with Crippen molar-refractivity contribution in [3.63, 3.8) is 0 Å². The molecule has 3 aromatic carbocycles. The summed E-state index contributed by atoms with van der Waals surface area (Å²) in [6, 6.07) is 15.6. The van der Waals surface area contributed by atoms with Crippen LogP contribution in [0.25, 0.3) is 0 Å². The number of hydrogen-bond donors (Lipinski definition) is 3. The van der Waals surface area contributed by atoms with E-state index < -0.39 is 12.1 Å².